The molecule has 34 heavy (non-hydrogen) atoms. The summed E-state index contributed by atoms with van der Waals surface area (Å²) in [7, 11) is 0. The Morgan fingerprint density at radius 3 is 1.59 bits per heavy atom. The summed E-state index contributed by atoms with van der Waals surface area (Å²) in [5, 5.41) is 21.9. The van der Waals surface area contributed by atoms with Crippen molar-refractivity contribution in [2.45, 2.75) is 19.9 Å². The molecule has 0 unspecified atom stereocenters. The van der Waals surface area contributed by atoms with E-state index in [-0.39, 0.29) is 11.4 Å². The number of piperidine rings is 1. The summed E-state index contributed by atoms with van der Waals surface area (Å²) < 4.78 is 0. The molecule has 0 spiro atoms. The topological polar surface area (TPSA) is 89.5 Å². The molecule has 0 N–H and O–H groups in total. The first-order chi connectivity index (χ1) is 16.4. The van der Waals surface area contributed by atoms with E-state index in [0.717, 1.165) is 37.2 Å². The second-order valence-corrected chi connectivity index (χ2v) is 8.61. The maximum absolute atomic E-state index is 11.0. The lowest BCUT2D eigenvalue weighted by molar-refractivity contribution is -0.385. The zero-order chi connectivity index (χ0) is 24.1. The van der Waals surface area contributed by atoms with Crippen LogP contribution in [0.4, 0.5) is 11.4 Å². The van der Waals surface area contributed by atoms with Gasteiger partial charge in [0.15, 0.2) is 0 Å². The Balaban J connectivity index is 1.60. The summed E-state index contributed by atoms with van der Waals surface area (Å²) in [5.74, 6) is 0. The molecule has 7 nitrogen and oxygen atoms in total. The Bertz CT molecular complexity index is 1170. The average Bonchev–Trinajstić information content (AvgIpc) is 2.81. The van der Waals surface area contributed by atoms with Gasteiger partial charge >= 0.3 is 0 Å². The molecule has 0 aromatic heterocycles. The zero-order valence-electron chi connectivity index (χ0n) is 18.9. The number of benzene rings is 3. The third kappa shape index (κ3) is 6.02. The third-order valence-electron chi connectivity index (χ3n) is 5.78. The molecule has 0 saturated carbocycles. The lowest BCUT2D eigenvalue weighted by Gasteiger charge is -2.31. The molecule has 1 saturated heterocycles. The second kappa shape index (κ2) is 10.2. The summed E-state index contributed by atoms with van der Waals surface area (Å²) in [5.41, 5.74) is 6.87. The van der Waals surface area contributed by atoms with Gasteiger partial charge in [0.1, 0.15) is 0 Å². The molecule has 1 fully saturated rings. The average molecular weight is 456 g/mol. The largest absolute Gasteiger partial charge is 0.291 e. The van der Waals surface area contributed by atoms with E-state index in [0.29, 0.717) is 0 Å². The monoisotopic (exact) mass is 455 g/mol. The van der Waals surface area contributed by atoms with Gasteiger partial charge in [-0.25, -0.2) is 0 Å². The molecule has 7 heteroatoms. The maximum atomic E-state index is 11.0. The van der Waals surface area contributed by atoms with Crippen LogP contribution >= 0.6 is 0 Å². The molecule has 0 radical (unpaired) electrons. The summed E-state index contributed by atoms with van der Waals surface area (Å²) in [6, 6.07) is 21.7. The van der Waals surface area contributed by atoms with Gasteiger partial charge in [0.25, 0.3) is 11.4 Å². The van der Waals surface area contributed by atoms with E-state index in [1.807, 2.05) is 0 Å². The predicted octanol–water partition coefficient (Wildman–Crippen LogP) is 6.18. The number of hydrogen-bond donors (Lipinski definition) is 0. The van der Waals surface area contributed by atoms with Gasteiger partial charge in [-0.1, -0.05) is 53.1 Å². The fourth-order valence-corrected chi connectivity index (χ4v) is 4.15. The minimum atomic E-state index is -0.397. The van der Waals surface area contributed by atoms with Crippen molar-refractivity contribution in [3.8, 4) is 0 Å². The molecular formula is C27H25N3O4. The Morgan fingerprint density at radius 1 is 0.735 bits per heavy atom. The lowest BCUT2D eigenvalue weighted by atomic mass is 9.95. The molecule has 1 heterocycles. The SMILES string of the molecule is Cc1ccc(CN2CC(=Cc3ccc([N+](=O)[O-])cc3)CC(=Cc3ccc([N+](=O)[O-])cc3)C2)cc1. The highest BCUT2D eigenvalue weighted by molar-refractivity contribution is 5.60. The van der Waals surface area contributed by atoms with Crippen LogP contribution in [0, 0.1) is 27.2 Å². The minimum absolute atomic E-state index is 0.0746. The van der Waals surface area contributed by atoms with Crippen LogP contribution in [-0.2, 0) is 6.54 Å². The second-order valence-electron chi connectivity index (χ2n) is 8.61. The molecule has 3 aromatic carbocycles. The third-order valence-corrected chi connectivity index (χ3v) is 5.78. The summed E-state index contributed by atoms with van der Waals surface area (Å²) in [6.45, 7) is 4.46. The first-order valence-corrected chi connectivity index (χ1v) is 11.0. The Morgan fingerprint density at radius 2 is 1.18 bits per heavy atom. The predicted molar refractivity (Wildman–Crippen MR) is 133 cm³/mol. The molecule has 172 valence electrons. The number of non-ortho nitro benzene ring substituents is 2. The number of nitro groups is 2. The van der Waals surface area contributed by atoms with Gasteiger partial charge in [0.05, 0.1) is 9.85 Å². The summed E-state index contributed by atoms with van der Waals surface area (Å²) in [6.07, 6.45) is 4.96. The molecule has 3 aromatic rings. The number of likely N-dealkylation sites (tertiary alicyclic amines) is 1. The van der Waals surface area contributed by atoms with Crippen molar-refractivity contribution in [3.05, 3.63) is 126 Å². The van der Waals surface area contributed by atoms with Crippen molar-refractivity contribution in [2.24, 2.45) is 0 Å². The summed E-state index contributed by atoms with van der Waals surface area (Å²) >= 11 is 0. The standard InChI is InChI=1S/C27H25N3O4/c1-20-2-4-23(5-3-20)17-28-18-24(14-21-6-10-26(11-7-21)29(31)32)16-25(19-28)15-22-8-12-27(13-9-22)30(33)34/h2-15H,16-19H2,1H3. The maximum Gasteiger partial charge on any atom is 0.269 e. The Labute approximate surface area is 198 Å². The van der Waals surface area contributed by atoms with Gasteiger partial charge in [-0.15, -0.1) is 0 Å². The number of aryl methyl sites for hydroxylation is 1. The highest BCUT2D eigenvalue weighted by atomic mass is 16.6. The smallest absolute Gasteiger partial charge is 0.269 e. The molecular weight excluding hydrogens is 430 g/mol. The van der Waals surface area contributed by atoms with Gasteiger partial charge < -0.3 is 0 Å². The van der Waals surface area contributed by atoms with E-state index in [9.17, 15) is 20.2 Å². The van der Waals surface area contributed by atoms with Crippen LogP contribution < -0.4 is 0 Å². The van der Waals surface area contributed by atoms with E-state index in [4.69, 9.17) is 0 Å². The van der Waals surface area contributed by atoms with Crippen molar-refractivity contribution in [1.29, 1.82) is 0 Å². The fraction of sp³-hybridized carbons (Fsp3) is 0.185. The molecule has 1 aliphatic heterocycles. The Hall–Kier alpha value is -4.10. The van der Waals surface area contributed by atoms with Crippen molar-refractivity contribution >= 4 is 23.5 Å². The van der Waals surface area contributed by atoms with E-state index in [1.54, 1.807) is 24.3 Å². The van der Waals surface area contributed by atoms with Crippen LogP contribution in [0.2, 0.25) is 0 Å². The molecule has 0 atom stereocenters. The van der Waals surface area contributed by atoms with Crippen LogP contribution in [0.5, 0.6) is 0 Å². The molecule has 0 bridgehead atoms. The lowest BCUT2D eigenvalue weighted by Crippen LogP contribution is -2.32. The van der Waals surface area contributed by atoms with Crippen LogP contribution in [0.15, 0.2) is 83.9 Å². The van der Waals surface area contributed by atoms with E-state index >= 15 is 0 Å². The Kier molecular flexibility index (Phi) is 6.94. The fourth-order valence-electron chi connectivity index (χ4n) is 4.15. The van der Waals surface area contributed by atoms with Crippen LogP contribution in [0.25, 0.3) is 12.2 Å². The first-order valence-electron chi connectivity index (χ1n) is 11.0. The summed E-state index contributed by atoms with van der Waals surface area (Å²) in [4.78, 5) is 23.5. The minimum Gasteiger partial charge on any atom is -0.291 e. The van der Waals surface area contributed by atoms with E-state index in [1.165, 1.54) is 46.5 Å². The number of hydrogen-bond acceptors (Lipinski definition) is 5. The van der Waals surface area contributed by atoms with E-state index < -0.39 is 9.85 Å². The number of nitro benzene ring substituents is 2. The molecule has 0 amide bonds. The van der Waals surface area contributed by atoms with Crippen molar-refractivity contribution in [2.75, 3.05) is 13.1 Å². The van der Waals surface area contributed by atoms with Crippen molar-refractivity contribution in [3.63, 3.8) is 0 Å². The van der Waals surface area contributed by atoms with Crippen LogP contribution in [0.3, 0.4) is 0 Å². The van der Waals surface area contributed by atoms with Gasteiger partial charge in [-0.05, 0) is 54.3 Å². The highest BCUT2D eigenvalue weighted by Gasteiger charge is 2.19. The van der Waals surface area contributed by atoms with Gasteiger partial charge in [0, 0.05) is 43.9 Å². The molecule has 1 aliphatic rings. The normalized spacial score (nSPS) is 16.6. The van der Waals surface area contributed by atoms with Gasteiger partial charge in [-0.3, -0.25) is 25.1 Å². The van der Waals surface area contributed by atoms with E-state index in [2.05, 4.69) is 48.2 Å². The van der Waals surface area contributed by atoms with Crippen molar-refractivity contribution in [1.82, 2.24) is 4.90 Å². The van der Waals surface area contributed by atoms with Gasteiger partial charge in [0.2, 0.25) is 0 Å². The molecule has 4 rings (SSSR count). The first kappa shape index (κ1) is 23.1. The van der Waals surface area contributed by atoms with Crippen LogP contribution in [-0.4, -0.2) is 27.8 Å². The van der Waals surface area contributed by atoms with Crippen molar-refractivity contribution < 1.29 is 9.85 Å². The quantitative estimate of drug-likeness (QED) is 0.327. The zero-order valence-corrected chi connectivity index (χ0v) is 18.9. The number of nitrogens with zero attached hydrogens (tertiary/aromatic N) is 3. The molecule has 0 aliphatic carbocycles. The van der Waals surface area contributed by atoms with Gasteiger partial charge in [-0.2, -0.15) is 0 Å². The highest BCUT2D eigenvalue weighted by Crippen LogP contribution is 2.27. The number of rotatable bonds is 6. The van der Waals surface area contributed by atoms with Crippen LogP contribution in [0.1, 0.15) is 28.7 Å².